The van der Waals surface area contributed by atoms with Gasteiger partial charge in [-0.2, -0.15) is 5.26 Å². The Balaban J connectivity index is 3.15. The summed E-state index contributed by atoms with van der Waals surface area (Å²) in [5, 5.41) is 8.29. The molecule has 0 aromatic heterocycles. The zero-order chi connectivity index (χ0) is 10.7. The van der Waals surface area contributed by atoms with Crippen molar-refractivity contribution in [2.45, 2.75) is 12.5 Å². The number of halogens is 3. The third-order valence-electron chi connectivity index (χ3n) is 1.73. The van der Waals surface area contributed by atoms with Crippen LogP contribution in [0.15, 0.2) is 12.1 Å². The molecule has 0 bridgehead atoms. The van der Waals surface area contributed by atoms with Crippen molar-refractivity contribution in [2.24, 2.45) is 5.73 Å². The van der Waals surface area contributed by atoms with E-state index in [1.165, 1.54) is 0 Å². The van der Waals surface area contributed by atoms with Crippen LogP contribution in [0, 0.1) is 28.8 Å². The summed E-state index contributed by atoms with van der Waals surface area (Å²) in [4.78, 5) is 0. The molecule has 1 atom stereocenters. The standard InChI is InChI=1S/C9H7F3N2/c10-5-3-6(11)9(7(12)4-5)8(14)1-2-13/h3-4,8H,1,14H2/t8-/m0/s1. The molecule has 0 aliphatic carbocycles. The van der Waals surface area contributed by atoms with Crippen molar-refractivity contribution in [1.82, 2.24) is 0 Å². The minimum Gasteiger partial charge on any atom is -0.323 e. The summed E-state index contributed by atoms with van der Waals surface area (Å²) in [7, 11) is 0. The van der Waals surface area contributed by atoms with E-state index in [0.29, 0.717) is 12.1 Å². The van der Waals surface area contributed by atoms with Gasteiger partial charge < -0.3 is 5.73 Å². The van der Waals surface area contributed by atoms with E-state index in [4.69, 9.17) is 11.0 Å². The first-order valence-electron chi connectivity index (χ1n) is 3.83. The molecule has 0 amide bonds. The molecule has 0 heterocycles. The van der Waals surface area contributed by atoms with Gasteiger partial charge in [0.2, 0.25) is 0 Å². The molecule has 1 aromatic rings. The van der Waals surface area contributed by atoms with Crippen molar-refractivity contribution < 1.29 is 13.2 Å². The van der Waals surface area contributed by atoms with Gasteiger partial charge in [-0.1, -0.05) is 0 Å². The summed E-state index contributed by atoms with van der Waals surface area (Å²) in [6, 6.07) is 1.69. The number of nitriles is 1. The van der Waals surface area contributed by atoms with E-state index >= 15 is 0 Å². The molecule has 2 nitrogen and oxygen atoms in total. The minimum absolute atomic E-state index is 0.223. The van der Waals surface area contributed by atoms with Crippen LogP contribution in [0.3, 0.4) is 0 Å². The number of rotatable bonds is 2. The highest BCUT2D eigenvalue weighted by atomic mass is 19.1. The molecule has 5 heteroatoms. The van der Waals surface area contributed by atoms with Crippen LogP contribution >= 0.6 is 0 Å². The van der Waals surface area contributed by atoms with Crippen molar-refractivity contribution in [2.75, 3.05) is 0 Å². The second-order valence-corrected chi connectivity index (χ2v) is 2.75. The highest BCUT2D eigenvalue weighted by Gasteiger charge is 2.17. The quantitative estimate of drug-likeness (QED) is 0.793. The van der Waals surface area contributed by atoms with Crippen molar-refractivity contribution in [1.29, 1.82) is 5.26 Å². The Morgan fingerprint density at radius 1 is 1.29 bits per heavy atom. The predicted octanol–water partition coefficient (Wildman–Crippen LogP) is 2.02. The molecule has 1 aromatic carbocycles. The molecule has 2 N–H and O–H groups in total. The van der Waals surface area contributed by atoms with Crippen LogP contribution in [0.2, 0.25) is 0 Å². The lowest BCUT2D eigenvalue weighted by molar-refractivity contribution is 0.504. The van der Waals surface area contributed by atoms with Gasteiger partial charge in [0, 0.05) is 23.7 Å². The third kappa shape index (κ3) is 2.03. The van der Waals surface area contributed by atoms with Crippen molar-refractivity contribution in [3.63, 3.8) is 0 Å². The summed E-state index contributed by atoms with van der Waals surface area (Å²) < 4.78 is 38.5. The van der Waals surface area contributed by atoms with Crippen LogP contribution in [0.1, 0.15) is 18.0 Å². The van der Waals surface area contributed by atoms with Crippen LogP contribution in [-0.4, -0.2) is 0 Å². The Morgan fingerprint density at radius 3 is 2.21 bits per heavy atom. The smallest absolute Gasteiger partial charge is 0.133 e. The summed E-state index contributed by atoms with van der Waals surface area (Å²) >= 11 is 0. The SMILES string of the molecule is N#CC[C@H](N)c1c(F)cc(F)cc1F. The van der Waals surface area contributed by atoms with Crippen LogP contribution in [0.5, 0.6) is 0 Å². The molecule has 0 aliphatic heterocycles. The summed E-state index contributed by atoms with van der Waals surface area (Å²) in [5.74, 6) is -3.14. The van der Waals surface area contributed by atoms with Gasteiger partial charge in [-0.05, 0) is 0 Å². The maximum Gasteiger partial charge on any atom is 0.133 e. The zero-order valence-electron chi connectivity index (χ0n) is 7.10. The second kappa shape index (κ2) is 4.11. The Labute approximate surface area is 78.8 Å². The molecule has 74 valence electrons. The summed E-state index contributed by atoms with van der Waals surface area (Å²) in [6.45, 7) is 0. The van der Waals surface area contributed by atoms with Crippen molar-refractivity contribution >= 4 is 0 Å². The first-order valence-corrected chi connectivity index (χ1v) is 3.83. The van der Waals surface area contributed by atoms with E-state index in [2.05, 4.69) is 0 Å². The average Bonchev–Trinajstić information content (AvgIpc) is 2.01. The molecule has 0 spiro atoms. The molecule has 14 heavy (non-hydrogen) atoms. The molecule has 0 saturated carbocycles. The predicted molar refractivity (Wildman–Crippen MR) is 43.5 cm³/mol. The normalized spacial score (nSPS) is 12.2. The molecule has 1 rings (SSSR count). The number of benzene rings is 1. The maximum atomic E-state index is 13.0. The van der Waals surface area contributed by atoms with Gasteiger partial charge in [0.05, 0.1) is 12.5 Å². The molecular weight excluding hydrogens is 193 g/mol. The van der Waals surface area contributed by atoms with Crippen LogP contribution in [0.4, 0.5) is 13.2 Å². The lowest BCUT2D eigenvalue weighted by Gasteiger charge is -2.10. The van der Waals surface area contributed by atoms with E-state index in [0.717, 1.165) is 0 Å². The average molecular weight is 200 g/mol. The first kappa shape index (κ1) is 10.5. The van der Waals surface area contributed by atoms with Gasteiger partial charge in [-0.3, -0.25) is 0 Å². The molecule has 0 unspecified atom stereocenters. The minimum atomic E-state index is -1.07. The van der Waals surface area contributed by atoms with Crippen molar-refractivity contribution in [3.05, 3.63) is 35.1 Å². The summed E-state index contributed by atoms with van der Waals surface area (Å²) in [6.07, 6.45) is -0.223. The fourth-order valence-corrected chi connectivity index (χ4v) is 1.11. The van der Waals surface area contributed by atoms with Crippen LogP contribution in [-0.2, 0) is 0 Å². The van der Waals surface area contributed by atoms with Gasteiger partial charge in [-0.25, -0.2) is 13.2 Å². The third-order valence-corrected chi connectivity index (χ3v) is 1.73. The fraction of sp³-hybridized carbons (Fsp3) is 0.222. The van der Waals surface area contributed by atoms with Crippen molar-refractivity contribution in [3.8, 4) is 6.07 Å². The Hall–Kier alpha value is -1.54. The zero-order valence-corrected chi connectivity index (χ0v) is 7.10. The van der Waals surface area contributed by atoms with E-state index in [-0.39, 0.29) is 6.42 Å². The molecular formula is C9H7F3N2. The highest BCUT2D eigenvalue weighted by Crippen LogP contribution is 2.22. The van der Waals surface area contributed by atoms with Gasteiger partial charge in [0.1, 0.15) is 17.5 Å². The van der Waals surface area contributed by atoms with E-state index < -0.39 is 29.1 Å². The molecule has 0 radical (unpaired) electrons. The molecule has 0 fully saturated rings. The van der Waals surface area contributed by atoms with Crippen LogP contribution < -0.4 is 5.73 Å². The fourth-order valence-electron chi connectivity index (χ4n) is 1.11. The topological polar surface area (TPSA) is 49.8 Å². The number of hydrogen-bond acceptors (Lipinski definition) is 2. The summed E-state index contributed by atoms with van der Waals surface area (Å²) in [5.41, 5.74) is 4.88. The van der Waals surface area contributed by atoms with E-state index in [1.807, 2.05) is 0 Å². The van der Waals surface area contributed by atoms with E-state index in [9.17, 15) is 13.2 Å². The van der Waals surface area contributed by atoms with Gasteiger partial charge in [0.25, 0.3) is 0 Å². The lowest BCUT2D eigenvalue weighted by Crippen LogP contribution is -2.13. The molecule has 0 saturated heterocycles. The number of nitrogens with zero attached hydrogens (tertiary/aromatic N) is 1. The Kier molecular flexibility index (Phi) is 3.10. The second-order valence-electron chi connectivity index (χ2n) is 2.75. The Morgan fingerprint density at radius 2 is 1.79 bits per heavy atom. The first-order chi connectivity index (χ1) is 6.56. The maximum absolute atomic E-state index is 13.0. The molecule has 0 aliphatic rings. The van der Waals surface area contributed by atoms with Gasteiger partial charge >= 0.3 is 0 Å². The van der Waals surface area contributed by atoms with Crippen LogP contribution in [0.25, 0.3) is 0 Å². The number of nitrogens with two attached hydrogens (primary N) is 1. The monoisotopic (exact) mass is 200 g/mol. The van der Waals surface area contributed by atoms with Gasteiger partial charge in [0.15, 0.2) is 0 Å². The largest absolute Gasteiger partial charge is 0.323 e. The van der Waals surface area contributed by atoms with E-state index in [1.54, 1.807) is 6.07 Å². The lowest BCUT2D eigenvalue weighted by atomic mass is 10.0. The highest BCUT2D eigenvalue weighted by molar-refractivity contribution is 5.24. The van der Waals surface area contributed by atoms with Gasteiger partial charge in [-0.15, -0.1) is 0 Å². The number of hydrogen-bond donors (Lipinski definition) is 1. The Bertz CT molecular complexity index is 361.